The maximum absolute atomic E-state index is 13.2. The number of thiazole rings is 1. The number of likely N-dealkylation sites (tertiary alicyclic amines) is 2. The Bertz CT molecular complexity index is 1020. The van der Waals surface area contributed by atoms with Crippen LogP contribution in [-0.4, -0.2) is 68.8 Å². The predicted octanol–water partition coefficient (Wildman–Crippen LogP) is 3.69. The quantitative estimate of drug-likeness (QED) is 0.592. The molecular weight excluding hydrogens is 422 g/mol. The summed E-state index contributed by atoms with van der Waals surface area (Å²) >= 11 is 1.56. The third-order valence-electron chi connectivity index (χ3n) is 6.59. The molecule has 2 aromatic heterocycles. The van der Waals surface area contributed by atoms with Gasteiger partial charge in [-0.3, -0.25) is 14.4 Å². The lowest BCUT2D eigenvalue weighted by molar-refractivity contribution is 0.0420. The number of benzene rings is 1. The molecule has 0 atom stereocenters. The van der Waals surface area contributed by atoms with E-state index in [0.29, 0.717) is 11.7 Å². The monoisotopic (exact) mass is 451 g/mol. The number of ether oxygens (including phenoxy) is 1. The van der Waals surface area contributed by atoms with E-state index < -0.39 is 0 Å². The van der Waals surface area contributed by atoms with E-state index in [1.807, 2.05) is 53.7 Å². The van der Waals surface area contributed by atoms with Crippen LogP contribution in [0.4, 0.5) is 0 Å². The smallest absolute Gasteiger partial charge is 0.273 e. The summed E-state index contributed by atoms with van der Waals surface area (Å²) in [5.41, 5.74) is 2.53. The minimum atomic E-state index is 0.0798. The molecule has 1 aromatic carbocycles. The molecule has 1 amide bonds. The summed E-state index contributed by atoms with van der Waals surface area (Å²) in [6.07, 6.45) is 6.17. The van der Waals surface area contributed by atoms with Crippen LogP contribution < -0.4 is 4.74 Å². The molecule has 168 valence electrons. The molecule has 0 spiro atoms. The minimum absolute atomic E-state index is 0.0798. The van der Waals surface area contributed by atoms with Crippen molar-refractivity contribution in [3.8, 4) is 16.5 Å². The van der Waals surface area contributed by atoms with Crippen molar-refractivity contribution in [3.05, 3.63) is 53.7 Å². The fourth-order valence-corrected chi connectivity index (χ4v) is 5.33. The van der Waals surface area contributed by atoms with E-state index in [-0.39, 0.29) is 12.0 Å². The van der Waals surface area contributed by atoms with Crippen LogP contribution in [0.5, 0.6) is 5.19 Å². The third-order valence-corrected chi connectivity index (χ3v) is 7.25. The summed E-state index contributed by atoms with van der Waals surface area (Å²) < 4.78 is 7.71. The molecule has 32 heavy (non-hydrogen) atoms. The second kappa shape index (κ2) is 9.42. The second-order valence-corrected chi connectivity index (χ2v) is 9.44. The molecule has 0 radical (unpaired) electrons. The standard InChI is InChI=1S/C24H29N5O2S/c1-27-22(17-21(26-27)18-5-3-2-4-6-18)23(30)29-12-7-19(8-13-29)28-14-9-20(10-15-28)31-24-25-11-16-32-24/h2-6,11,16-17,19-20H,7-10,12-15H2,1H3. The maximum Gasteiger partial charge on any atom is 0.273 e. The van der Waals surface area contributed by atoms with Crippen LogP contribution >= 0.6 is 11.3 Å². The molecule has 8 heteroatoms. The van der Waals surface area contributed by atoms with Gasteiger partial charge in [0, 0.05) is 56.4 Å². The molecule has 0 bridgehead atoms. The lowest BCUT2D eigenvalue weighted by Gasteiger charge is -2.41. The molecule has 7 nitrogen and oxygen atoms in total. The Morgan fingerprint density at radius 3 is 2.50 bits per heavy atom. The Balaban J connectivity index is 1.13. The molecule has 2 saturated heterocycles. The van der Waals surface area contributed by atoms with Crippen molar-refractivity contribution >= 4 is 17.2 Å². The molecular formula is C24H29N5O2S. The number of rotatable bonds is 5. The lowest BCUT2D eigenvalue weighted by Crippen LogP contribution is -2.50. The molecule has 2 fully saturated rings. The zero-order valence-electron chi connectivity index (χ0n) is 18.4. The summed E-state index contributed by atoms with van der Waals surface area (Å²) in [6.45, 7) is 3.70. The van der Waals surface area contributed by atoms with Gasteiger partial charge < -0.3 is 9.64 Å². The van der Waals surface area contributed by atoms with Gasteiger partial charge in [-0.25, -0.2) is 4.98 Å². The number of carbonyl (C=O) groups is 1. The highest BCUT2D eigenvalue weighted by Crippen LogP contribution is 2.26. The highest BCUT2D eigenvalue weighted by Gasteiger charge is 2.31. The van der Waals surface area contributed by atoms with Gasteiger partial charge in [0.05, 0.1) is 5.69 Å². The van der Waals surface area contributed by atoms with Gasteiger partial charge in [-0.05, 0) is 31.7 Å². The molecule has 0 unspecified atom stereocenters. The second-order valence-electron chi connectivity index (χ2n) is 8.58. The Morgan fingerprint density at radius 1 is 1.06 bits per heavy atom. The van der Waals surface area contributed by atoms with Crippen LogP contribution in [0.2, 0.25) is 0 Å². The summed E-state index contributed by atoms with van der Waals surface area (Å²) in [6, 6.07) is 12.5. The lowest BCUT2D eigenvalue weighted by atomic mass is 9.98. The van der Waals surface area contributed by atoms with E-state index in [1.54, 1.807) is 22.2 Å². The van der Waals surface area contributed by atoms with E-state index in [0.717, 1.165) is 68.3 Å². The number of aryl methyl sites for hydroxylation is 1. The number of piperidine rings is 2. The molecule has 5 rings (SSSR count). The van der Waals surface area contributed by atoms with Crippen molar-refractivity contribution in [2.75, 3.05) is 26.2 Å². The number of amides is 1. The van der Waals surface area contributed by atoms with Crippen molar-refractivity contribution in [2.45, 2.75) is 37.8 Å². The first kappa shape index (κ1) is 21.2. The molecule has 4 heterocycles. The first-order chi connectivity index (χ1) is 15.7. The average Bonchev–Trinajstić information content (AvgIpc) is 3.49. The van der Waals surface area contributed by atoms with E-state index >= 15 is 0 Å². The molecule has 0 N–H and O–H groups in total. The van der Waals surface area contributed by atoms with Crippen LogP contribution in [0.1, 0.15) is 36.2 Å². The summed E-state index contributed by atoms with van der Waals surface area (Å²) in [5.74, 6) is 0.0798. The molecule has 2 aliphatic rings. The van der Waals surface area contributed by atoms with Gasteiger partial charge in [0.2, 0.25) is 0 Å². The van der Waals surface area contributed by atoms with Gasteiger partial charge in [-0.15, -0.1) is 0 Å². The van der Waals surface area contributed by atoms with Crippen molar-refractivity contribution < 1.29 is 9.53 Å². The highest BCUT2D eigenvalue weighted by atomic mass is 32.1. The zero-order valence-corrected chi connectivity index (χ0v) is 19.2. The van der Waals surface area contributed by atoms with Gasteiger partial charge >= 0.3 is 0 Å². The molecule has 0 aliphatic carbocycles. The molecule has 2 aliphatic heterocycles. The summed E-state index contributed by atoms with van der Waals surface area (Å²) in [4.78, 5) is 22.0. The van der Waals surface area contributed by atoms with Gasteiger partial charge in [-0.2, -0.15) is 5.10 Å². The van der Waals surface area contributed by atoms with Crippen LogP contribution in [0.3, 0.4) is 0 Å². The fourth-order valence-electron chi connectivity index (χ4n) is 4.78. The molecule has 3 aromatic rings. The first-order valence-electron chi connectivity index (χ1n) is 11.4. The van der Waals surface area contributed by atoms with Crippen LogP contribution in [-0.2, 0) is 7.05 Å². The SMILES string of the molecule is Cn1nc(-c2ccccc2)cc1C(=O)N1CCC(N2CCC(Oc3nccs3)CC2)CC1. The summed E-state index contributed by atoms with van der Waals surface area (Å²) in [5, 5.41) is 7.29. The number of hydrogen-bond acceptors (Lipinski definition) is 6. The number of carbonyl (C=O) groups excluding carboxylic acids is 1. The van der Waals surface area contributed by atoms with Gasteiger partial charge in [0.1, 0.15) is 11.8 Å². The van der Waals surface area contributed by atoms with Crippen LogP contribution in [0.25, 0.3) is 11.3 Å². The van der Waals surface area contributed by atoms with Crippen LogP contribution in [0.15, 0.2) is 48.0 Å². The van der Waals surface area contributed by atoms with E-state index in [1.165, 1.54) is 0 Å². The van der Waals surface area contributed by atoms with Crippen molar-refractivity contribution in [2.24, 2.45) is 7.05 Å². The average molecular weight is 452 g/mol. The zero-order chi connectivity index (χ0) is 21.9. The molecule has 0 saturated carbocycles. The van der Waals surface area contributed by atoms with Crippen molar-refractivity contribution in [1.82, 2.24) is 24.6 Å². The Kier molecular flexibility index (Phi) is 6.23. The van der Waals surface area contributed by atoms with E-state index in [9.17, 15) is 4.79 Å². The van der Waals surface area contributed by atoms with Gasteiger partial charge in [0.25, 0.3) is 11.1 Å². The minimum Gasteiger partial charge on any atom is -0.467 e. The highest BCUT2D eigenvalue weighted by molar-refractivity contribution is 7.11. The third kappa shape index (κ3) is 4.56. The topological polar surface area (TPSA) is 63.5 Å². The largest absolute Gasteiger partial charge is 0.467 e. The van der Waals surface area contributed by atoms with E-state index in [2.05, 4.69) is 15.0 Å². The Hall–Kier alpha value is -2.71. The van der Waals surface area contributed by atoms with Crippen molar-refractivity contribution in [3.63, 3.8) is 0 Å². The number of hydrogen-bond donors (Lipinski definition) is 0. The Labute approximate surface area is 192 Å². The summed E-state index contributed by atoms with van der Waals surface area (Å²) in [7, 11) is 1.85. The number of nitrogens with zero attached hydrogens (tertiary/aromatic N) is 5. The number of aromatic nitrogens is 3. The van der Waals surface area contributed by atoms with Gasteiger partial charge in [0.15, 0.2) is 0 Å². The maximum atomic E-state index is 13.2. The fraction of sp³-hybridized carbons (Fsp3) is 0.458. The predicted molar refractivity (Wildman–Crippen MR) is 125 cm³/mol. The normalized spacial score (nSPS) is 18.7. The van der Waals surface area contributed by atoms with Crippen molar-refractivity contribution in [1.29, 1.82) is 0 Å². The Morgan fingerprint density at radius 2 is 1.81 bits per heavy atom. The van der Waals surface area contributed by atoms with Crippen LogP contribution in [0, 0.1) is 0 Å². The first-order valence-corrected chi connectivity index (χ1v) is 12.2. The van der Waals surface area contributed by atoms with E-state index in [4.69, 9.17) is 4.74 Å². The van der Waals surface area contributed by atoms with Gasteiger partial charge in [-0.1, -0.05) is 41.7 Å².